The van der Waals surface area contributed by atoms with Crippen molar-refractivity contribution in [2.75, 3.05) is 12.8 Å². The third-order valence-electron chi connectivity index (χ3n) is 2.60. The molecule has 0 amide bonds. The highest BCUT2D eigenvalue weighted by Gasteiger charge is 2.14. The number of aryl methyl sites for hydroxylation is 1. The van der Waals surface area contributed by atoms with Gasteiger partial charge in [-0.2, -0.15) is 0 Å². The van der Waals surface area contributed by atoms with Crippen molar-refractivity contribution in [2.45, 2.75) is 47.6 Å². The van der Waals surface area contributed by atoms with Gasteiger partial charge in [-0.3, -0.25) is 0 Å². The van der Waals surface area contributed by atoms with Crippen LogP contribution in [0.2, 0.25) is 0 Å². The lowest BCUT2D eigenvalue weighted by Crippen LogP contribution is -2.24. The van der Waals surface area contributed by atoms with Crippen molar-refractivity contribution in [2.24, 2.45) is 0 Å². The summed E-state index contributed by atoms with van der Waals surface area (Å²) in [6.45, 7) is 12.5. The molecular weight excluding hydrogens is 226 g/mol. The van der Waals surface area contributed by atoms with Crippen LogP contribution in [0.4, 0.5) is 0 Å². The van der Waals surface area contributed by atoms with Gasteiger partial charge >= 0.3 is 0 Å². The second-order valence-corrected chi connectivity index (χ2v) is 4.45. The van der Waals surface area contributed by atoms with Crippen molar-refractivity contribution < 1.29 is 0 Å². The molecular formula is C15H27NS. The third-order valence-corrected chi connectivity index (χ3v) is 3.43. The minimum absolute atomic E-state index is 1.11. The van der Waals surface area contributed by atoms with Crippen molar-refractivity contribution in [1.29, 1.82) is 0 Å². The van der Waals surface area contributed by atoms with Crippen LogP contribution in [-0.4, -0.2) is 17.1 Å². The molecule has 1 aromatic rings. The van der Waals surface area contributed by atoms with Gasteiger partial charge in [0.2, 0.25) is 0 Å². The SMILES string of the molecule is CC.CC.CSN1CCc2ccc(C)cc2C1. The average Bonchev–Trinajstić information content (AvgIpc) is 2.42. The lowest BCUT2D eigenvalue weighted by Gasteiger charge is -2.26. The maximum Gasteiger partial charge on any atom is 0.0343 e. The van der Waals surface area contributed by atoms with Gasteiger partial charge in [-0.25, -0.2) is 4.31 Å². The van der Waals surface area contributed by atoms with Crippen molar-refractivity contribution in [3.8, 4) is 0 Å². The lowest BCUT2D eigenvalue weighted by molar-refractivity contribution is 0.445. The number of nitrogens with zero attached hydrogens (tertiary/aromatic N) is 1. The van der Waals surface area contributed by atoms with E-state index in [2.05, 4.69) is 35.7 Å². The minimum atomic E-state index is 1.11. The van der Waals surface area contributed by atoms with Gasteiger partial charge in [0, 0.05) is 13.1 Å². The summed E-state index contributed by atoms with van der Waals surface area (Å²) >= 11 is 1.85. The van der Waals surface area contributed by atoms with Gasteiger partial charge in [-0.15, -0.1) is 0 Å². The van der Waals surface area contributed by atoms with Crippen LogP contribution in [0.1, 0.15) is 44.4 Å². The van der Waals surface area contributed by atoms with E-state index in [4.69, 9.17) is 0 Å². The quantitative estimate of drug-likeness (QED) is 0.668. The summed E-state index contributed by atoms with van der Waals surface area (Å²) in [5, 5.41) is 0. The van der Waals surface area contributed by atoms with Gasteiger partial charge in [-0.05, 0) is 30.7 Å². The summed E-state index contributed by atoms with van der Waals surface area (Å²) < 4.78 is 2.42. The number of rotatable bonds is 1. The van der Waals surface area contributed by atoms with E-state index in [0.717, 1.165) is 6.54 Å². The maximum absolute atomic E-state index is 2.42. The molecule has 1 aromatic carbocycles. The molecule has 98 valence electrons. The molecule has 1 aliphatic heterocycles. The number of fused-ring (bicyclic) bond motifs is 1. The van der Waals surface area contributed by atoms with E-state index in [9.17, 15) is 0 Å². The first-order valence-electron chi connectivity index (χ1n) is 6.67. The summed E-state index contributed by atoms with van der Waals surface area (Å²) in [6.07, 6.45) is 3.36. The van der Waals surface area contributed by atoms with E-state index >= 15 is 0 Å². The van der Waals surface area contributed by atoms with Crippen LogP contribution < -0.4 is 0 Å². The highest BCUT2D eigenvalue weighted by molar-refractivity contribution is 7.96. The Morgan fingerprint density at radius 1 is 1.06 bits per heavy atom. The first kappa shape index (κ1) is 16.5. The molecule has 17 heavy (non-hydrogen) atoms. The molecule has 0 fully saturated rings. The van der Waals surface area contributed by atoms with Crippen molar-refractivity contribution in [3.63, 3.8) is 0 Å². The van der Waals surface area contributed by atoms with Crippen LogP contribution in [0, 0.1) is 6.92 Å². The highest BCUT2D eigenvalue weighted by atomic mass is 32.2. The molecule has 0 bridgehead atoms. The third kappa shape index (κ3) is 5.13. The normalized spacial score (nSPS) is 13.8. The smallest absolute Gasteiger partial charge is 0.0343 e. The molecule has 0 saturated heterocycles. The zero-order chi connectivity index (χ0) is 13.3. The Hall–Kier alpha value is -0.470. The Morgan fingerprint density at radius 2 is 1.71 bits per heavy atom. The van der Waals surface area contributed by atoms with Crippen molar-refractivity contribution in [3.05, 3.63) is 34.9 Å². The van der Waals surface area contributed by atoms with Gasteiger partial charge in [0.25, 0.3) is 0 Å². The van der Waals surface area contributed by atoms with E-state index in [1.54, 1.807) is 0 Å². The Balaban J connectivity index is 0.000000581. The Bertz CT molecular complexity index is 310. The maximum atomic E-state index is 2.42. The Labute approximate surface area is 112 Å². The molecule has 1 heterocycles. The molecule has 0 N–H and O–H groups in total. The van der Waals surface area contributed by atoms with E-state index < -0.39 is 0 Å². The minimum Gasteiger partial charge on any atom is -0.246 e. The van der Waals surface area contributed by atoms with Gasteiger partial charge in [0.05, 0.1) is 0 Å². The molecule has 0 aromatic heterocycles. The molecule has 1 aliphatic rings. The predicted octanol–water partition coefficient (Wildman–Crippen LogP) is 4.68. The summed E-state index contributed by atoms with van der Waals surface area (Å²) in [4.78, 5) is 0. The Morgan fingerprint density at radius 3 is 2.29 bits per heavy atom. The fourth-order valence-corrected chi connectivity index (χ4v) is 2.36. The van der Waals surface area contributed by atoms with Crippen LogP contribution >= 0.6 is 11.9 Å². The van der Waals surface area contributed by atoms with E-state index in [0.29, 0.717) is 0 Å². The standard InChI is InChI=1S/C11H15NS.2C2H6/c1-9-3-4-10-5-6-12(13-2)8-11(10)7-9;2*1-2/h3-4,7H,5-6,8H2,1-2H3;2*1-2H3. The molecule has 0 unspecified atom stereocenters. The van der Waals surface area contributed by atoms with Crippen LogP contribution in [0.5, 0.6) is 0 Å². The van der Waals surface area contributed by atoms with Crippen LogP contribution in [-0.2, 0) is 13.0 Å². The van der Waals surface area contributed by atoms with E-state index in [1.807, 2.05) is 39.6 Å². The molecule has 2 heteroatoms. The van der Waals surface area contributed by atoms with E-state index in [1.165, 1.54) is 29.7 Å². The molecule has 0 spiro atoms. The number of hydrogen-bond acceptors (Lipinski definition) is 2. The second-order valence-electron chi connectivity index (χ2n) is 3.57. The zero-order valence-corrected chi connectivity index (χ0v) is 13.0. The fraction of sp³-hybridized carbons (Fsp3) is 0.600. The number of hydrogen-bond donors (Lipinski definition) is 0. The van der Waals surface area contributed by atoms with Gasteiger partial charge in [-0.1, -0.05) is 63.4 Å². The van der Waals surface area contributed by atoms with Crippen LogP contribution in [0.15, 0.2) is 18.2 Å². The molecule has 0 atom stereocenters. The monoisotopic (exact) mass is 253 g/mol. The van der Waals surface area contributed by atoms with Crippen molar-refractivity contribution in [1.82, 2.24) is 4.31 Å². The zero-order valence-electron chi connectivity index (χ0n) is 12.2. The largest absolute Gasteiger partial charge is 0.246 e. The Kier molecular flexibility index (Phi) is 9.28. The highest BCUT2D eigenvalue weighted by Crippen LogP contribution is 2.23. The molecule has 2 rings (SSSR count). The predicted molar refractivity (Wildman–Crippen MR) is 81.5 cm³/mol. The topological polar surface area (TPSA) is 3.24 Å². The summed E-state index contributed by atoms with van der Waals surface area (Å²) in [5.74, 6) is 0. The van der Waals surface area contributed by atoms with E-state index in [-0.39, 0.29) is 0 Å². The van der Waals surface area contributed by atoms with Crippen LogP contribution in [0.3, 0.4) is 0 Å². The lowest BCUT2D eigenvalue weighted by atomic mass is 9.99. The first-order valence-corrected chi connectivity index (χ1v) is 7.85. The van der Waals surface area contributed by atoms with Crippen molar-refractivity contribution >= 4 is 11.9 Å². The first-order chi connectivity index (χ1) is 8.29. The average molecular weight is 253 g/mol. The van der Waals surface area contributed by atoms with Gasteiger partial charge in [0.1, 0.15) is 0 Å². The molecule has 0 aliphatic carbocycles. The molecule has 0 saturated carbocycles. The fourth-order valence-electron chi connectivity index (χ4n) is 1.82. The summed E-state index contributed by atoms with van der Waals surface area (Å²) in [7, 11) is 0. The summed E-state index contributed by atoms with van der Waals surface area (Å²) in [5.41, 5.74) is 4.43. The second kappa shape index (κ2) is 9.55. The van der Waals surface area contributed by atoms with Crippen LogP contribution in [0.25, 0.3) is 0 Å². The van der Waals surface area contributed by atoms with Gasteiger partial charge < -0.3 is 0 Å². The summed E-state index contributed by atoms with van der Waals surface area (Å²) in [6, 6.07) is 6.81. The molecule has 0 radical (unpaired) electrons. The molecule has 1 nitrogen and oxygen atoms in total. The number of benzene rings is 1. The van der Waals surface area contributed by atoms with Gasteiger partial charge in [0.15, 0.2) is 0 Å².